The summed E-state index contributed by atoms with van der Waals surface area (Å²) in [4.78, 5) is 16.5. The molecule has 0 radical (unpaired) electrons. The highest BCUT2D eigenvalue weighted by atomic mass is 19.1. The minimum atomic E-state index is -0.700. The molecule has 1 saturated carbocycles. The second kappa shape index (κ2) is 7.35. The van der Waals surface area contributed by atoms with Gasteiger partial charge in [0.25, 0.3) is 0 Å². The minimum absolute atomic E-state index is 0.167. The molecule has 0 atom stereocenters. The molecule has 3 aromatic rings. The summed E-state index contributed by atoms with van der Waals surface area (Å²) in [5.41, 5.74) is 2.85. The number of rotatable bonds is 5. The highest BCUT2D eigenvalue weighted by Crippen LogP contribution is 2.46. The van der Waals surface area contributed by atoms with Gasteiger partial charge in [-0.05, 0) is 59.9 Å². The predicted molar refractivity (Wildman–Crippen MR) is 104 cm³/mol. The number of amides is 1. The highest BCUT2D eigenvalue weighted by molar-refractivity contribution is 5.92. The van der Waals surface area contributed by atoms with E-state index in [1.54, 1.807) is 12.4 Å². The lowest BCUT2D eigenvalue weighted by molar-refractivity contribution is -0.117. The smallest absolute Gasteiger partial charge is 0.244 e. The van der Waals surface area contributed by atoms with E-state index < -0.39 is 17.2 Å². The van der Waals surface area contributed by atoms with Crippen molar-refractivity contribution in [1.82, 2.24) is 10.3 Å². The Bertz CT molecular complexity index is 1040. The van der Waals surface area contributed by atoms with Gasteiger partial charge >= 0.3 is 0 Å². The molecular formula is C23H18F2N2O. The first kappa shape index (κ1) is 18.0. The van der Waals surface area contributed by atoms with Crippen molar-refractivity contribution in [1.29, 1.82) is 0 Å². The molecule has 1 aromatic heterocycles. The second-order valence-electron chi connectivity index (χ2n) is 6.89. The van der Waals surface area contributed by atoms with Gasteiger partial charge in [-0.25, -0.2) is 8.78 Å². The van der Waals surface area contributed by atoms with Crippen LogP contribution in [-0.2, 0) is 10.3 Å². The molecule has 5 heteroatoms. The van der Waals surface area contributed by atoms with Crippen molar-refractivity contribution in [3.8, 4) is 11.1 Å². The van der Waals surface area contributed by atoms with E-state index in [0.717, 1.165) is 41.7 Å². The fourth-order valence-corrected chi connectivity index (χ4v) is 3.22. The standard InChI is InChI=1S/C23H18F2N2O/c24-20-8-6-16(21(25)14-20)7-9-22(28)27-23(10-11-23)19-5-1-3-17(13-19)18-4-2-12-26-15-18/h1-9,12-15H,10-11H2,(H,27,28)/b9-7+. The first-order valence-corrected chi connectivity index (χ1v) is 9.02. The van der Waals surface area contributed by atoms with Gasteiger partial charge in [0.2, 0.25) is 5.91 Å². The highest BCUT2D eigenvalue weighted by Gasteiger charge is 2.45. The molecule has 28 heavy (non-hydrogen) atoms. The summed E-state index contributed by atoms with van der Waals surface area (Å²) >= 11 is 0. The van der Waals surface area contributed by atoms with Gasteiger partial charge in [-0.15, -0.1) is 0 Å². The van der Waals surface area contributed by atoms with Crippen LogP contribution >= 0.6 is 0 Å². The van der Waals surface area contributed by atoms with Crippen molar-refractivity contribution in [2.45, 2.75) is 18.4 Å². The lowest BCUT2D eigenvalue weighted by atomic mass is 9.99. The zero-order chi connectivity index (χ0) is 19.6. The molecule has 1 fully saturated rings. The summed E-state index contributed by atoms with van der Waals surface area (Å²) < 4.78 is 26.7. The van der Waals surface area contributed by atoms with Gasteiger partial charge in [0.15, 0.2) is 0 Å². The topological polar surface area (TPSA) is 42.0 Å². The van der Waals surface area contributed by atoms with Crippen LogP contribution in [0.3, 0.4) is 0 Å². The molecule has 4 rings (SSSR count). The number of nitrogens with one attached hydrogen (secondary N) is 1. The predicted octanol–water partition coefficient (Wildman–Crippen LogP) is 4.85. The molecule has 1 heterocycles. The molecule has 0 unspecified atom stereocenters. The molecule has 0 saturated heterocycles. The first-order chi connectivity index (χ1) is 13.6. The molecule has 1 amide bonds. The normalized spacial score (nSPS) is 14.8. The van der Waals surface area contributed by atoms with Crippen LogP contribution < -0.4 is 5.32 Å². The number of carbonyl (C=O) groups excluding carboxylic acids is 1. The Kier molecular flexibility index (Phi) is 4.74. The summed E-state index contributed by atoms with van der Waals surface area (Å²) in [6, 6.07) is 15.2. The average Bonchev–Trinajstić information content (AvgIpc) is 3.49. The summed E-state index contributed by atoms with van der Waals surface area (Å²) in [7, 11) is 0. The van der Waals surface area contributed by atoms with Crippen molar-refractivity contribution in [2.24, 2.45) is 0 Å². The van der Waals surface area contributed by atoms with Crippen molar-refractivity contribution in [3.05, 3.63) is 95.8 Å². The summed E-state index contributed by atoms with van der Waals surface area (Å²) in [6.07, 6.45) is 7.85. The maximum absolute atomic E-state index is 13.7. The fraction of sp³-hybridized carbons (Fsp3) is 0.130. The van der Waals surface area contributed by atoms with Crippen LogP contribution in [0.2, 0.25) is 0 Å². The first-order valence-electron chi connectivity index (χ1n) is 9.02. The van der Waals surface area contributed by atoms with Gasteiger partial charge in [0, 0.05) is 30.1 Å². The Morgan fingerprint density at radius 1 is 1.04 bits per heavy atom. The molecule has 2 aromatic carbocycles. The Balaban J connectivity index is 1.50. The summed E-state index contributed by atoms with van der Waals surface area (Å²) in [5.74, 6) is -1.66. The Hall–Kier alpha value is -3.34. The van der Waals surface area contributed by atoms with Crippen molar-refractivity contribution < 1.29 is 13.6 Å². The van der Waals surface area contributed by atoms with Crippen LogP contribution in [0.1, 0.15) is 24.0 Å². The second-order valence-corrected chi connectivity index (χ2v) is 6.89. The van der Waals surface area contributed by atoms with Gasteiger partial charge in [-0.3, -0.25) is 9.78 Å². The van der Waals surface area contributed by atoms with Gasteiger partial charge in [-0.2, -0.15) is 0 Å². The van der Waals surface area contributed by atoms with E-state index in [4.69, 9.17) is 0 Å². The third kappa shape index (κ3) is 3.83. The number of hydrogen-bond donors (Lipinski definition) is 1. The van der Waals surface area contributed by atoms with Crippen molar-refractivity contribution in [3.63, 3.8) is 0 Å². The number of carbonyl (C=O) groups is 1. The largest absolute Gasteiger partial charge is 0.343 e. The van der Waals surface area contributed by atoms with Crippen molar-refractivity contribution >= 4 is 12.0 Å². The lowest BCUT2D eigenvalue weighted by Crippen LogP contribution is -2.33. The summed E-state index contributed by atoms with van der Waals surface area (Å²) in [6.45, 7) is 0. The molecule has 140 valence electrons. The summed E-state index contributed by atoms with van der Waals surface area (Å²) in [5, 5.41) is 3.03. The van der Waals surface area contributed by atoms with Gasteiger partial charge in [0.1, 0.15) is 11.6 Å². The van der Waals surface area contributed by atoms with Crippen LogP contribution in [0.15, 0.2) is 73.1 Å². The molecule has 0 aliphatic heterocycles. The van der Waals surface area contributed by atoms with E-state index >= 15 is 0 Å². The maximum atomic E-state index is 13.7. The lowest BCUT2D eigenvalue weighted by Gasteiger charge is -2.18. The van der Waals surface area contributed by atoms with Gasteiger partial charge in [0.05, 0.1) is 5.54 Å². The van der Waals surface area contributed by atoms with E-state index in [0.29, 0.717) is 0 Å². The van der Waals surface area contributed by atoms with Crippen LogP contribution in [-0.4, -0.2) is 10.9 Å². The van der Waals surface area contributed by atoms with Crippen LogP contribution in [0.5, 0.6) is 0 Å². The van der Waals surface area contributed by atoms with Gasteiger partial charge < -0.3 is 5.32 Å². The molecule has 3 nitrogen and oxygen atoms in total. The zero-order valence-corrected chi connectivity index (χ0v) is 15.0. The van der Waals surface area contributed by atoms with E-state index in [2.05, 4.69) is 16.4 Å². The Labute approximate surface area is 161 Å². The van der Waals surface area contributed by atoms with Crippen molar-refractivity contribution in [2.75, 3.05) is 0 Å². The zero-order valence-electron chi connectivity index (χ0n) is 15.0. The number of halogens is 2. The Morgan fingerprint density at radius 3 is 2.57 bits per heavy atom. The molecule has 1 aliphatic carbocycles. The van der Waals surface area contributed by atoms with E-state index in [1.165, 1.54) is 18.2 Å². The number of nitrogens with zero attached hydrogens (tertiary/aromatic N) is 1. The van der Waals surface area contributed by atoms with E-state index in [9.17, 15) is 13.6 Å². The fourth-order valence-electron chi connectivity index (χ4n) is 3.22. The third-order valence-corrected chi connectivity index (χ3v) is 4.90. The Morgan fingerprint density at radius 2 is 1.86 bits per heavy atom. The maximum Gasteiger partial charge on any atom is 0.244 e. The molecule has 1 N–H and O–H groups in total. The van der Waals surface area contributed by atoms with Crippen LogP contribution in [0.25, 0.3) is 17.2 Å². The average molecular weight is 376 g/mol. The third-order valence-electron chi connectivity index (χ3n) is 4.90. The number of hydrogen-bond acceptors (Lipinski definition) is 2. The number of aromatic nitrogens is 1. The number of pyridine rings is 1. The van der Waals surface area contributed by atoms with E-state index in [-0.39, 0.29) is 11.5 Å². The van der Waals surface area contributed by atoms with Crippen LogP contribution in [0.4, 0.5) is 8.78 Å². The monoisotopic (exact) mass is 376 g/mol. The minimum Gasteiger partial charge on any atom is -0.343 e. The molecule has 0 bridgehead atoms. The SMILES string of the molecule is O=C(/C=C/c1ccc(F)cc1F)NC1(c2cccc(-c3cccnc3)c2)CC1. The number of benzene rings is 2. The van der Waals surface area contributed by atoms with E-state index in [1.807, 2.05) is 30.3 Å². The molecule has 1 aliphatic rings. The molecule has 0 spiro atoms. The quantitative estimate of drug-likeness (QED) is 0.647. The van der Waals surface area contributed by atoms with Crippen LogP contribution in [0, 0.1) is 11.6 Å². The van der Waals surface area contributed by atoms with Gasteiger partial charge in [-0.1, -0.05) is 24.3 Å². The molecular weight excluding hydrogens is 358 g/mol.